The smallest absolute Gasteiger partial charge is 0.185 e. The summed E-state index contributed by atoms with van der Waals surface area (Å²) in [6, 6.07) is 0.551. The van der Waals surface area contributed by atoms with Crippen LogP contribution in [0.5, 0.6) is 0 Å². The minimum Gasteiger partial charge on any atom is -0.395 e. The number of rotatable bonds is 6. The molecule has 1 atom stereocenters. The highest BCUT2D eigenvalue weighted by Crippen LogP contribution is 2.21. The van der Waals surface area contributed by atoms with Crippen LogP contribution in [0.2, 0.25) is 0 Å². The van der Waals surface area contributed by atoms with Crippen LogP contribution in [-0.2, 0) is 6.42 Å². The second-order valence-electron chi connectivity index (χ2n) is 4.44. The first-order valence-electron chi connectivity index (χ1n) is 6.37. The highest BCUT2D eigenvalue weighted by atomic mass is 32.1. The van der Waals surface area contributed by atoms with Crippen LogP contribution in [0.1, 0.15) is 25.5 Å². The van der Waals surface area contributed by atoms with Crippen molar-refractivity contribution in [2.45, 2.75) is 32.2 Å². The highest BCUT2D eigenvalue weighted by molar-refractivity contribution is 7.13. The molecule has 0 bridgehead atoms. The van der Waals surface area contributed by atoms with E-state index < -0.39 is 0 Å². The molecule has 0 amide bonds. The lowest BCUT2D eigenvalue weighted by molar-refractivity contribution is 0.300. The summed E-state index contributed by atoms with van der Waals surface area (Å²) in [6.07, 6.45) is 3.47. The average molecular weight is 255 g/mol. The summed E-state index contributed by atoms with van der Waals surface area (Å²) >= 11 is 1.68. The summed E-state index contributed by atoms with van der Waals surface area (Å²) in [5.41, 5.74) is 1.15. The molecule has 2 N–H and O–H groups in total. The van der Waals surface area contributed by atoms with Gasteiger partial charge in [-0.05, 0) is 25.8 Å². The van der Waals surface area contributed by atoms with Gasteiger partial charge in [-0.1, -0.05) is 6.92 Å². The van der Waals surface area contributed by atoms with Gasteiger partial charge in [0, 0.05) is 24.5 Å². The number of hydrogen-bond acceptors (Lipinski definition) is 5. The zero-order chi connectivity index (χ0) is 12.1. The maximum Gasteiger partial charge on any atom is 0.185 e. The quantitative estimate of drug-likeness (QED) is 0.803. The molecule has 0 spiro atoms. The first kappa shape index (κ1) is 12.8. The van der Waals surface area contributed by atoms with Gasteiger partial charge in [0.1, 0.15) is 0 Å². The molecule has 1 aliphatic rings. The minimum absolute atomic E-state index is 0.188. The highest BCUT2D eigenvalue weighted by Gasteiger charge is 2.19. The van der Waals surface area contributed by atoms with Gasteiger partial charge >= 0.3 is 0 Å². The van der Waals surface area contributed by atoms with Crippen molar-refractivity contribution >= 4 is 16.5 Å². The summed E-state index contributed by atoms with van der Waals surface area (Å²) < 4.78 is 0. The molecule has 17 heavy (non-hydrogen) atoms. The van der Waals surface area contributed by atoms with Crippen LogP contribution < -0.4 is 10.2 Å². The third kappa shape index (κ3) is 3.40. The van der Waals surface area contributed by atoms with Crippen molar-refractivity contribution in [1.29, 1.82) is 0 Å². The molecule has 96 valence electrons. The Morgan fingerprint density at radius 2 is 2.53 bits per heavy atom. The third-order valence-electron chi connectivity index (χ3n) is 3.15. The Morgan fingerprint density at radius 1 is 1.65 bits per heavy atom. The second-order valence-corrected chi connectivity index (χ2v) is 5.27. The number of nitrogens with zero attached hydrogens (tertiary/aromatic N) is 2. The summed E-state index contributed by atoms with van der Waals surface area (Å²) in [6.45, 7) is 5.06. The van der Waals surface area contributed by atoms with E-state index in [1.54, 1.807) is 11.3 Å². The van der Waals surface area contributed by atoms with Gasteiger partial charge in [-0.3, -0.25) is 0 Å². The molecule has 2 rings (SSSR count). The molecular formula is C12H21N3OS. The Balaban J connectivity index is 1.99. The third-order valence-corrected chi connectivity index (χ3v) is 4.10. The fraction of sp³-hybridized carbons (Fsp3) is 0.750. The van der Waals surface area contributed by atoms with E-state index in [2.05, 4.69) is 27.5 Å². The standard InChI is InChI=1S/C12H21N3OS/c1-2-10-9-17-12(14-10)15(6-7-16)8-11-4-3-5-13-11/h9,11,13,16H,2-8H2,1H3. The van der Waals surface area contributed by atoms with Gasteiger partial charge in [0.2, 0.25) is 0 Å². The Morgan fingerprint density at radius 3 is 3.12 bits per heavy atom. The van der Waals surface area contributed by atoms with Crippen molar-refractivity contribution in [2.24, 2.45) is 0 Å². The zero-order valence-corrected chi connectivity index (χ0v) is 11.2. The maximum absolute atomic E-state index is 9.15. The number of nitrogens with one attached hydrogen (secondary N) is 1. The van der Waals surface area contributed by atoms with E-state index in [-0.39, 0.29) is 6.61 Å². The fourth-order valence-corrected chi connectivity index (χ4v) is 3.11. The fourth-order valence-electron chi connectivity index (χ4n) is 2.17. The van der Waals surface area contributed by atoms with E-state index in [1.165, 1.54) is 12.8 Å². The van der Waals surface area contributed by atoms with Crippen LogP contribution in [0.3, 0.4) is 0 Å². The van der Waals surface area contributed by atoms with Crippen molar-refractivity contribution in [3.63, 3.8) is 0 Å². The van der Waals surface area contributed by atoms with Crippen LogP contribution >= 0.6 is 11.3 Å². The number of aryl methyl sites for hydroxylation is 1. The van der Waals surface area contributed by atoms with Crippen molar-refractivity contribution in [3.8, 4) is 0 Å². The van der Waals surface area contributed by atoms with Gasteiger partial charge < -0.3 is 15.3 Å². The predicted molar refractivity (Wildman–Crippen MR) is 71.8 cm³/mol. The molecule has 4 nitrogen and oxygen atoms in total. The summed E-state index contributed by atoms with van der Waals surface area (Å²) in [7, 11) is 0. The second kappa shape index (κ2) is 6.33. The summed E-state index contributed by atoms with van der Waals surface area (Å²) in [5, 5.41) is 15.8. The normalized spacial score (nSPS) is 19.8. The Labute approximate surface area is 107 Å². The van der Waals surface area contributed by atoms with Gasteiger partial charge in [0.15, 0.2) is 5.13 Å². The molecule has 2 heterocycles. The molecule has 1 aromatic heterocycles. The SMILES string of the molecule is CCc1csc(N(CCO)CC2CCCN2)n1. The molecule has 1 aromatic rings. The number of aliphatic hydroxyl groups is 1. The first-order valence-corrected chi connectivity index (χ1v) is 7.25. The van der Waals surface area contributed by atoms with Gasteiger partial charge in [-0.15, -0.1) is 11.3 Å². The maximum atomic E-state index is 9.15. The van der Waals surface area contributed by atoms with Gasteiger partial charge in [-0.2, -0.15) is 0 Å². The number of aliphatic hydroxyl groups excluding tert-OH is 1. The number of anilines is 1. The lowest BCUT2D eigenvalue weighted by Crippen LogP contribution is -2.39. The monoisotopic (exact) mass is 255 g/mol. The first-order chi connectivity index (χ1) is 8.33. The van der Waals surface area contributed by atoms with Crippen LogP contribution in [0, 0.1) is 0 Å². The van der Waals surface area contributed by atoms with Crippen molar-refractivity contribution in [3.05, 3.63) is 11.1 Å². The van der Waals surface area contributed by atoms with E-state index in [0.29, 0.717) is 12.6 Å². The molecule has 1 aliphatic heterocycles. The molecule has 1 fully saturated rings. The average Bonchev–Trinajstić information content (AvgIpc) is 2.99. The lowest BCUT2D eigenvalue weighted by Gasteiger charge is -2.24. The van der Waals surface area contributed by atoms with E-state index >= 15 is 0 Å². The molecule has 0 aromatic carbocycles. The van der Waals surface area contributed by atoms with E-state index in [4.69, 9.17) is 5.11 Å². The van der Waals surface area contributed by atoms with Gasteiger partial charge in [-0.25, -0.2) is 4.98 Å². The van der Waals surface area contributed by atoms with E-state index in [9.17, 15) is 0 Å². The van der Waals surface area contributed by atoms with Gasteiger partial charge in [0.25, 0.3) is 0 Å². The Bertz CT molecular complexity index is 336. The van der Waals surface area contributed by atoms with Crippen LogP contribution in [-0.4, -0.2) is 42.4 Å². The zero-order valence-electron chi connectivity index (χ0n) is 10.4. The van der Waals surface area contributed by atoms with Crippen molar-refractivity contribution in [2.75, 3.05) is 31.1 Å². The van der Waals surface area contributed by atoms with Crippen LogP contribution in [0.4, 0.5) is 5.13 Å². The van der Waals surface area contributed by atoms with Crippen molar-refractivity contribution < 1.29 is 5.11 Å². The molecule has 5 heteroatoms. The van der Waals surface area contributed by atoms with E-state index in [0.717, 1.165) is 30.3 Å². The predicted octanol–water partition coefficient (Wildman–Crippen LogP) is 1.26. The van der Waals surface area contributed by atoms with E-state index in [1.807, 2.05) is 0 Å². The molecule has 1 saturated heterocycles. The minimum atomic E-state index is 0.188. The molecule has 0 saturated carbocycles. The van der Waals surface area contributed by atoms with Crippen molar-refractivity contribution in [1.82, 2.24) is 10.3 Å². The lowest BCUT2D eigenvalue weighted by atomic mass is 10.2. The molecule has 1 unspecified atom stereocenters. The van der Waals surface area contributed by atoms with Crippen LogP contribution in [0.25, 0.3) is 0 Å². The molecular weight excluding hydrogens is 234 g/mol. The number of thiazole rings is 1. The largest absolute Gasteiger partial charge is 0.395 e. The summed E-state index contributed by atoms with van der Waals surface area (Å²) in [4.78, 5) is 6.80. The molecule has 0 aliphatic carbocycles. The van der Waals surface area contributed by atoms with Gasteiger partial charge in [0.05, 0.1) is 12.3 Å². The summed E-state index contributed by atoms with van der Waals surface area (Å²) in [5.74, 6) is 0. The molecule has 0 radical (unpaired) electrons. The number of hydrogen-bond donors (Lipinski definition) is 2. The Hall–Kier alpha value is -0.650. The van der Waals surface area contributed by atoms with Crippen LogP contribution in [0.15, 0.2) is 5.38 Å². The topological polar surface area (TPSA) is 48.4 Å². The number of aromatic nitrogens is 1. The Kier molecular flexibility index (Phi) is 4.76.